The van der Waals surface area contributed by atoms with Crippen LogP contribution in [0.1, 0.15) is 28.8 Å². The highest BCUT2D eigenvalue weighted by molar-refractivity contribution is 7.90. The Morgan fingerprint density at radius 1 is 1.33 bits per heavy atom. The van der Waals surface area contributed by atoms with Gasteiger partial charge in [0.15, 0.2) is 0 Å². The van der Waals surface area contributed by atoms with Crippen molar-refractivity contribution < 1.29 is 17.9 Å². The molecule has 1 aliphatic rings. The lowest BCUT2D eigenvalue weighted by molar-refractivity contribution is 0.0912. The number of aryl methyl sites for hydroxylation is 1. The molecular formula is C17H26N2O4S. The van der Waals surface area contributed by atoms with E-state index in [2.05, 4.69) is 10.2 Å². The number of likely N-dealkylation sites (tertiary alicyclic amines) is 1. The minimum Gasteiger partial charge on any atom is -0.496 e. The largest absolute Gasteiger partial charge is 0.496 e. The molecule has 6 nitrogen and oxygen atoms in total. The average Bonchev–Trinajstić information content (AvgIpc) is 2.54. The van der Waals surface area contributed by atoms with Crippen LogP contribution in [0.25, 0.3) is 0 Å². The lowest BCUT2D eigenvalue weighted by Crippen LogP contribution is -2.45. The molecule has 0 bridgehead atoms. The third kappa shape index (κ3) is 5.49. The number of sulfone groups is 1. The van der Waals surface area contributed by atoms with Crippen LogP contribution in [0.4, 0.5) is 0 Å². The molecule has 1 aromatic rings. The molecule has 1 N–H and O–H groups in total. The van der Waals surface area contributed by atoms with E-state index in [1.807, 2.05) is 13.0 Å². The van der Waals surface area contributed by atoms with Gasteiger partial charge in [-0.1, -0.05) is 6.07 Å². The number of hydrogen-bond acceptors (Lipinski definition) is 5. The normalized spacial score (nSPS) is 16.8. The van der Waals surface area contributed by atoms with Crippen LogP contribution >= 0.6 is 0 Å². The monoisotopic (exact) mass is 354 g/mol. The molecule has 1 saturated heterocycles. The highest BCUT2D eigenvalue weighted by atomic mass is 32.2. The molecule has 1 aromatic carbocycles. The predicted octanol–water partition coefficient (Wildman–Crippen LogP) is 1.24. The lowest BCUT2D eigenvalue weighted by Gasteiger charge is -2.32. The average molecular weight is 354 g/mol. The van der Waals surface area contributed by atoms with Gasteiger partial charge in [-0.2, -0.15) is 0 Å². The number of nitrogens with one attached hydrogen (secondary N) is 1. The number of ether oxygens (including phenoxy) is 1. The summed E-state index contributed by atoms with van der Waals surface area (Å²) in [4.78, 5) is 14.5. The Morgan fingerprint density at radius 2 is 2.00 bits per heavy atom. The van der Waals surface area contributed by atoms with Gasteiger partial charge in [0.05, 0.1) is 12.9 Å². The quantitative estimate of drug-likeness (QED) is 0.832. The predicted molar refractivity (Wildman–Crippen MR) is 94.4 cm³/mol. The Hall–Kier alpha value is -1.60. The molecule has 2 rings (SSSR count). The summed E-state index contributed by atoms with van der Waals surface area (Å²) >= 11 is 0. The minimum atomic E-state index is -2.93. The van der Waals surface area contributed by atoms with Crippen LogP contribution in [0.3, 0.4) is 0 Å². The molecule has 0 radical (unpaired) electrons. The smallest absolute Gasteiger partial charge is 0.251 e. The number of rotatable bonds is 6. The molecule has 0 atom stereocenters. The minimum absolute atomic E-state index is 0.0946. The number of methoxy groups -OCH3 is 1. The zero-order valence-corrected chi connectivity index (χ0v) is 15.4. The van der Waals surface area contributed by atoms with E-state index in [0.717, 1.165) is 31.5 Å². The molecule has 7 heteroatoms. The van der Waals surface area contributed by atoms with Crippen LogP contribution in [0.2, 0.25) is 0 Å². The van der Waals surface area contributed by atoms with Crippen LogP contribution in [0.15, 0.2) is 18.2 Å². The summed E-state index contributed by atoms with van der Waals surface area (Å²) in [5.74, 6) is 0.800. The van der Waals surface area contributed by atoms with Gasteiger partial charge in [0.25, 0.3) is 5.91 Å². The lowest BCUT2D eigenvalue weighted by atomic mass is 10.0. The fourth-order valence-electron chi connectivity index (χ4n) is 2.83. The number of benzene rings is 1. The molecule has 24 heavy (non-hydrogen) atoms. The maximum absolute atomic E-state index is 12.4. The third-order valence-electron chi connectivity index (χ3n) is 4.37. The summed E-state index contributed by atoms with van der Waals surface area (Å²) in [7, 11) is -1.33. The maximum atomic E-state index is 12.4. The second-order valence-electron chi connectivity index (χ2n) is 6.40. The number of piperidine rings is 1. The summed E-state index contributed by atoms with van der Waals surface area (Å²) in [6.45, 7) is 4.11. The van der Waals surface area contributed by atoms with Gasteiger partial charge in [0.2, 0.25) is 0 Å². The van der Waals surface area contributed by atoms with Gasteiger partial charge in [-0.3, -0.25) is 4.79 Å². The van der Waals surface area contributed by atoms with E-state index < -0.39 is 9.84 Å². The van der Waals surface area contributed by atoms with Gasteiger partial charge in [-0.15, -0.1) is 0 Å². The van der Waals surface area contributed by atoms with Crippen molar-refractivity contribution in [3.05, 3.63) is 29.3 Å². The molecule has 0 aromatic heterocycles. The second-order valence-corrected chi connectivity index (χ2v) is 8.66. The fourth-order valence-corrected chi connectivity index (χ4v) is 3.42. The van der Waals surface area contributed by atoms with Crippen molar-refractivity contribution in [1.82, 2.24) is 10.2 Å². The third-order valence-corrected chi connectivity index (χ3v) is 5.30. The van der Waals surface area contributed by atoms with Gasteiger partial charge >= 0.3 is 0 Å². The van der Waals surface area contributed by atoms with Crippen LogP contribution in [0.5, 0.6) is 5.75 Å². The van der Waals surface area contributed by atoms with Crippen LogP contribution in [-0.2, 0) is 9.84 Å². The maximum Gasteiger partial charge on any atom is 0.251 e. The molecule has 134 valence electrons. The van der Waals surface area contributed by atoms with Gasteiger partial charge in [0.1, 0.15) is 15.6 Å². The Balaban J connectivity index is 1.84. The molecule has 0 unspecified atom stereocenters. The summed E-state index contributed by atoms with van der Waals surface area (Å²) in [6.07, 6.45) is 2.92. The topological polar surface area (TPSA) is 75.7 Å². The molecule has 0 saturated carbocycles. The Morgan fingerprint density at radius 3 is 2.58 bits per heavy atom. The molecule has 0 aliphatic carbocycles. The van der Waals surface area contributed by atoms with E-state index >= 15 is 0 Å². The molecule has 1 amide bonds. The van der Waals surface area contributed by atoms with Crippen molar-refractivity contribution in [1.29, 1.82) is 0 Å². The van der Waals surface area contributed by atoms with E-state index in [4.69, 9.17) is 4.74 Å². The van der Waals surface area contributed by atoms with E-state index in [9.17, 15) is 13.2 Å². The van der Waals surface area contributed by atoms with E-state index in [1.54, 1.807) is 19.2 Å². The molecule has 1 aliphatic heterocycles. The first-order valence-corrected chi connectivity index (χ1v) is 10.2. The first-order valence-electron chi connectivity index (χ1n) is 8.14. The summed E-state index contributed by atoms with van der Waals surface area (Å²) in [5.41, 5.74) is 1.59. The van der Waals surface area contributed by atoms with E-state index in [0.29, 0.717) is 17.9 Å². The number of carbonyl (C=O) groups excluding carboxylic acids is 1. The van der Waals surface area contributed by atoms with E-state index in [1.165, 1.54) is 6.26 Å². The van der Waals surface area contributed by atoms with Crippen molar-refractivity contribution in [3.8, 4) is 5.75 Å². The summed E-state index contributed by atoms with van der Waals surface area (Å²) < 4.78 is 27.7. The molecule has 1 fully saturated rings. The standard InChI is InChI=1S/C17H26N2O4S/c1-13-4-5-14(12-16(13)23-2)17(20)18-15-6-8-19(9-7-15)10-11-24(3,21)22/h4-5,12,15H,6-11H2,1-3H3,(H,18,20). The van der Waals surface area contributed by atoms with Crippen molar-refractivity contribution >= 4 is 15.7 Å². The van der Waals surface area contributed by atoms with Gasteiger partial charge in [0, 0.05) is 37.5 Å². The summed E-state index contributed by atoms with van der Waals surface area (Å²) in [6, 6.07) is 5.56. The van der Waals surface area contributed by atoms with Gasteiger partial charge in [-0.25, -0.2) is 8.42 Å². The number of carbonyl (C=O) groups is 1. The van der Waals surface area contributed by atoms with Gasteiger partial charge < -0.3 is 15.0 Å². The van der Waals surface area contributed by atoms with Crippen molar-refractivity contribution in [3.63, 3.8) is 0 Å². The highest BCUT2D eigenvalue weighted by Crippen LogP contribution is 2.19. The zero-order valence-electron chi connectivity index (χ0n) is 14.5. The second kappa shape index (κ2) is 7.98. The first kappa shape index (κ1) is 18.7. The van der Waals surface area contributed by atoms with Crippen molar-refractivity contribution in [2.75, 3.05) is 38.8 Å². The number of nitrogens with zero attached hydrogens (tertiary/aromatic N) is 1. The number of hydrogen-bond donors (Lipinski definition) is 1. The van der Waals surface area contributed by atoms with Gasteiger partial charge in [-0.05, 0) is 37.5 Å². The molecular weight excluding hydrogens is 328 g/mol. The van der Waals surface area contributed by atoms with Crippen LogP contribution in [0, 0.1) is 6.92 Å². The highest BCUT2D eigenvalue weighted by Gasteiger charge is 2.22. The molecule has 1 heterocycles. The Kier molecular flexibility index (Phi) is 6.23. The Bertz CT molecular complexity index is 680. The van der Waals surface area contributed by atoms with Crippen molar-refractivity contribution in [2.45, 2.75) is 25.8 Å². The SMILES string of the molecule is COc1cc(C(=O)NC2CCN(CCS(C)(=O)=O)CC2)ccc1C. The van der Waals surface area contributed by atoms with Crippen molar-refractivity contribution in [2.24, 2.45) is 0 Å². The first-order chi connectivity index (χ1) is 11.3. The molecule has 0 spiro atoms. The van der Waals surface area contributed by atoms with E-state index in [-0.39, 0.29) is 17.7 Å². The fraction of sp³-hybridized carbons (Fsp3) is 0.588. The summed E-state index contributed by atoms with van der Waals surface area (Å²) in [5, 5.41) is 3.06. The zero-order chi connectivity index (χ0) is 17.7. The van der Waals surface area contributed by atoms with Crippen LogP contribution in [-0.4, -0.2) is 64.0 Å². The number of amides is 1. The van der Waals surface area contributed by atoms with Crippen LogP contribution < -0.4 is 10.1 Å². The Labute approximate surface area is 144 Å².